The topological polar surface area (TPSA) is 77.3 Å². The molecule has 1 atom stereocenters. The Labute approximate surface area is 183 Å². The lowest BCUT2D eigenvalue weighted by Gasteiger charge is -2.29. The zero-order valence-corrected chi connectivity index (χ0v) is 19.1. The number of Topliss-reactive ketones (excluding diaryl/α,β-unsaturated/α-hetero) is 1. The van der Waals surface area contributed by atoms with Crippen LogP contribution in [0, 0.1) is 11.3 Å². The van der Waals surface area contributed by atoms with E-state index < -0.39 is 0 Å². The highest BCUT2D eigenvalue weighted by Crippen LogP contribution is 2.40. The van der Waals surface area contributed by atoms with Crippen molar-refractivity contribution in [2.75, 3.05) is 20.2 Å². The summed E-state index contributed by atoms with van der Waals surface area (Å²) in [5, 5.41) is 4.82. The van der Waals surface area contributed by atoms with Crippen LogP contribution in [0.2, 0.25) is 0 Å². The molecule has 1 aliphatic carbocycles. The first-order valence-corrected chi connectivity index (χ1v) is 11.1. The molecule has 7 heteroatoms. The van der Waals surface area contributed by atoms with Crippen molar-refractivity contribution >= 4 is 11.7 Å². The third-order valence-electron chi connectivity index (χ3n) is 6.00. The second-order valence-corrected chi connectivity index (χ2v) is 10.0. The molecular weight excluding hydrogens is 392 g/mol. The van der Waals surface area contributed by atoms with E-state index in [1.165, 1.54) is 0 Å². The van der Waals surface area contributed by atoms with Gasteiger partial charge in [-0.25, -0.2) is 9.67 Å². The standard InChI is InChI=1S/C24H32N4O3/c1-15(2)14-27(5)23(30)16-8-9-20(25-13-16)28-17-11-24(3,4)12-18(29)21(17)22(26-28)19-7-6-10-31-19/h8-9,13,15,19H,6-7,10-12,14H2,1-5H3. The van der Waals surface area contributed by atoms with Crippen LogP contribution in [0.15, 0.2) is 18.3 Å². The molecule has 0 radical (unpaired) electrons. The van der Waals surface area contributed by atoms with Gasteiger partial charge in [0.1, 0.15) is 11.8 Å². The van der Waals surface area contributed by atoms with Gasteiger partial charge in [0.25, 0.3) is 5.91 Å². The van der Waals surface area contributed by atoms with Crippen LogP contribution >= 0.6 is 0 Å². The molecule has 1 fully saturated rings. The average molecular weight is 425 g/mol. The molecule has 4 rings (SSSR count). The Balaban J connectivity index is 1.70. The minimum absolute atomic E-state index is 0.0494. The SMILES string of the molecule is CC(C)CN(C)C(=O)c1ccc(-n2nc(C3CCCO3)c3c2CC(C)(C)CC3=O)nc1. The fourth-order valence-electron chi connectivity index (χ4n) is 4.67. The van der Waals surface area contributed by atoms with Gasteiger partial charge in [-0.1, -0.05) is 27.7 Å². The fraction of sp³-hybridized carbons (Fsp3) is 0.583. The van der Waals surface area contributed by atoms with Gasteiger partial charge in [-0.15, -0.1) is 0 Å². The molecule has 1 saturated heterocycles. The minimum Gasteiger partial charge on any atom is -0.372 e. The van der Waals surface area contributed by atoms with E-state index in [1.54, 1.807) is 21.8 Å². The van der Waals surface area contributed by atoms with Crippen molar-refractivity contribution in [2.45, 2.75) is 59.5 Å². The number of fused-ring (bicyclic) bond motifs is 1. The second kappa shape index (κ2) is 8.19. The van der Waals surface area contributed by atoms with E-state index in [1.807, 2.05) is 13.1 Å². The highest BCUT2D eigenvalue weighted by molar-refractivity contribution is 6.00. The first-order chi connectivity index (χ1) is 14.7. The first-order valence-electron chi connectivity index (χ1n) is 11.1. The zero-order valence-electron chi connectivity index (χ0n) is 19.1. The number of carbonyl (C=O) groups excluding carboxylic acids is 2. The Bertz CT molecular complexity index is 985. The number of hydrogen-bond donors (Lipinski definition) is 0. The normalized spacial score (nSPS) is 20.2. The molecule has 1 unspecified atom stereocenters. The highest BCUT2D eigenvalue weighted by atomic mass is 16.5. The van der Waals surface area contributed by atoms with Crippen LogP contribution in [0.5, 0.6) is 0 Å². The van der Waals surface area contributed by atoms with Crippen LogP contribution in [-0.2, 0) is 11.2 Å². The summed E-state index contributed by atoms with van der Waals surface area (Å²) < 4.78 is 7.65. The van der Waals surface area contributed by atoms with Crippen molar-refractivity contribution in [3.05, 3.63) is 40.8 Å². The number of carbonyl (C=O) groups is 2. The maximum Gasteiger partial charge on any atom is 0.255 e. The fourth-order valence-corrected chi connectivity index (χ4v) is 4.67. The Kier molecular flexibility index (Phi) is 5.73. The average Bonchev–Trinajstić information content (AvgIpc) is 3.34. The molecule has 1 amide bonds. The molecule has 1 aliphatic heterocycles. The van der Waals surface area contributed by atoms with E-state index in [4.69, 9.17) is 9.84 Å². The van der Waals surface area contributed by atoms with E-state index in [0.29, 0.717) is 42.4 Å². The highest BCUT2D eigenvalue weighted by Gasteiger charge is 2.39. The summed E-state index contributed by atoms with van der Waals surface area (Å²) in [5.41, 5.74) is 2.76. The number of aromatic nitrogens is 3. The van der Waals surface area contributed by atoms with Crippen LogP contribution < -0.4 is 0 Å². The van der Waals surface area contributed by atoms with E-state index in [-0.39, 0.29) is 23.2 Å². The van der Waals surface area contributed by atoms with Crippen molar-refractivity contribution in [3.63, 3.8) is 0 Å². The third kappa shape index (κ3) is 4.28. The molecule has 0 N–H and O–H groups in total. The van der Waals surface area contributed by atoms with Gasteiger partial charge in [0.2, 0.25) is 0 Å². The van der Waals surface area contributed by atoms with Crippen LogP contribution in [0.3, 0.4) is 0 Å². The minimum atomic E-state index is -0.134. The van der Waals surface area contributed by atoms with Crippen molar-refractivity contribution in [1.29, 1.82) is 0 Å². The van der Waals surface area contributed by atoms with E-state index in [2.05, 4.69) is 32.7 Å². The van der Waals surface area contributed by atoms with Gasteiger partial charge >= 0.3 is 0 Å². The molecule has 3 heterocycles. The lowest BCUT2D eigenvalue weighted by Crippen LogP contribution is -2.30. The third-order valence-corrected chi connectivity index (χ3v) is 6.00. The summed E-state index contributed by atoms with van der Waals surface area (Å²) in [6.45, 7) is 9.77. The summed E-state index contributed by atoms with van der Waals surface area (Å²) in [7, 11) is 1.81. The lowest BCUT2D eigenvalue weighted by atomic mass is 9.75. The molecule has 2 aromatic rings. The van der Waals surface area contributed by atoms with Gasteiger partial charge in [0.15, 0.2) is 11.6 Å². The Morgan fingerprint density at radius 1 is 1.32 bits per heavy atom. The molecule has 2 aromatic heterocycles. The predicted molar refractivity (Wildman–Crippen MR) is 118 cm³/mol. The van der Waals surface area contributed by atoms with Crippen molar-refractivity contribution in [1.82, 2.24) is 19.7 Å². The Morgan fingerprint density at radius 3 is 2.71 bits per heavy atom. The summed E-state index contributed by atoms with van der Waals surface area (Å²) in [4.78, 5) is 32.0. The molecular formula is C24H32N4O3. The van der Waals surface area contributed by atoms with Gasteiger partial charge in [-0.3, -0.25) is 9.59 Å². The van der Waals surface area contributed by atoms with Crippen LogP contribution in [-0.4, -0.2) is 51.6 Å². The van der Waals surface area contributed by atoms with Gasteiger partial charge in [0.05, 0.1) is 16.8 Å². The lowest BCUT2D eigenvalue weighted by molar-refractivity contribution is 0.0778. The number of ether oxygens (including phenoxy) is 1. The molecule has 31 heavy (non-hydrogen) atoms. The van der Waals surface area contributed by atoms with Crippen LogP contribution in [0.25, 0.3) is 5.82 Å². The monoisotopic (exact) mass is 424 g/mol. The molecule has 7 nitrogen and oxygen atoms in total. The number of ketones is 1. The van der Waals surface area contributed by atoms with Gasteiger partial charge in [0, 0.05) is 32.8 Å². The Hall–Kier alpha value is -2.54. The van der Waals surface area contributed by atoms with Crippen LogP contribution in [0.1, 0.15) is 85.2 Å². The summed E-state index contributed by atoms with van der Waals surface area (Å²) >= 11 is 0. The molecule has 2 aliphatic rings. The van der Waals surface area contributed by atoms with Gasteiger partial charge < -0.3 is 9.64 Å². The number of amides is 1. The smallest absolute Gasteiger partial charge is 0.255 e. The van der Waals surface area contributed by atoms with Gasteiger partial charge in [-0.05, 0) is 42.7 Å². The van der Waals surface area contributed by atoms with E-state index >= 15 is 0 Å². The molecule has 0 aromatic carbocycles. The number of pyridine rings is 1. The van der Waals surface area contributed by atoms with E-state index in [0.717, 1.165) is 30.7 Å². The van der Waals surface area contributed by atoms with Crippen molar-refractivity contribution < 1.29 is 14.3 Å². The van der Waals surface area contributed by atoms with E-state index in [9.17, 15) is 9.59 Å². The summed E-state index contributed by atoms with van der Waals surface area (Å²) in [6, 6.07) is 3.60. The molecule has 166 valence electrons. The van der Waals surface area contributed by atoms with Crippen molar-refractivity contribution in [3.8, 4) is 5.82 Å². The molecule has 0 spiro atoms. The largest absolute Gasteiger partial charge is 0.372 e. The van der Waals surface area contributed by atoms with Crippen molar-refractivity contribution in [2.24, 2.45) is 11.3 Å². The van der Waals surface area contributed by atoms with Crippen LogP contribution in [0.4, 0.5) is 0 Å². The Morgan fingerprint density at radius 2 is 2.10 bits per heavy atom. The van der Waals surface area contributed by atoms with Gasteiger partial charge in [-0.2, -0.15) is 5.10 Å². The quantitative estimate of drug-likeness (QED) is 0.725. The zero-order chi connectivity index (χ0) is 22.3. The number of hydrogen-bond acceptors (Lipinski definition) is 5. The number of rotatable bonds is 5. The first kappa shape index (κ1) is 21.7. The molecule has 0 bridgehead atoms. The number of nitrogens with zero attached hydrogens (tertiary/aromatic N) is 4. The maximum absolute atomic E-state index is 13.1. The summed E-state index contributed by atoms with van der Waals surface area (Å²) in [6.07, 6.45) is 4.57. The predicted octanol–water partition coefficient (Wildman–Crippen LogP) is 4.00. The second-order valence-electron chi connectivity index (χ2n) is 10.0. The summed E-state index contributed by atoms with van der Waals surface area (Å²) in [5.74, 6) is 1.10. The molecule has 0 saturated carbocycles. The maximum atomic E-state index is 13.1.